The van der Waals surface area contributed by atoms with Crippen LogP contribution >= 0.6 is 0 Å². The Morgan fingerprint density at radius 1 is 1.11 bits per heavy atom. The fraction of sp³-hybridized carbons (Fsp3) is 0.400. The van der Waals surface area contributed by atoms with Crippen LogP contribution in [0, 0.1) is 0 Å². The van der Waals surface area contributed by atoms with Gasteiger partial charge in [0.25, 0.3) is 0 Å². The Morgan fingerprint density at radius 2 is 1.66 bits per heavy atom. The van der Waals surface area contributed by atoms with Crippen LogP contribution in [0.25, 0.3) is 0 Å². The molecule has 4 N–H and O–H groups in total. The molecular weight excluding hydrogens is 463 g/mol. The number of halogens is 3. The van der Waals surface area contributed by atoms with E-state index in [1.165, 1.54) is 6.92 Å². The van der Waals surface area contributed by atoms with E-state index < -0.39 is 42.7 Å². The van der Waals surface area contributed by atoms with Crippen LogP contribution in [0.2, 0.25) is 0 Å². The molecule has 1 heterocycles. The highest BCUT2D eigenvalue weighted by Gasteiger charge is 2.43. The fourth-order valence-corrected chi connectivity index (χ4v) is 4.03. The van der Waals surface area contributed by atoms with E-state index in [-0.39, 0.29) is 11.8 Å². The number of likely N-dealkylation sites (tertiary alicyclic amines) is 1. The number of carbonyl (C=O) groups is 3. The maximum Gasteiger partial charge on any atom is 0.406 e. The van der Waals surface area contributed by atoms with Gasteiger partial charge in [0.1, 0.15) is 12.6 Å². The first kappa shape index (κ1) is 27.8. The van der Waals surface area contributed by atoms with Crippen LogP contribution in [0.1, 0.15) is 37.3 Å². The number of nitrogens with zero attached hydrogens (tertiary/aromatic N) is 1. The first-order chi connectivity index (χ1) is 16.4. The second kappa shape index (κ2) is 12.3. The molecule has 1 aliphatic heterocycles. The van der Waals surface area contributed by atoms with Gasteiger partial charge < -0.3 is 21.1 Å². The van der Waals surface area contributed by atoms with Crippen LogP contribution < -0.4 is 11.1 Å². The number of nitrogens with one attached hydrogen (secondary N) is 1. The van der Waals surface area contributed by atoms with Crippen molar-refractivity contribution >= 4 is 17.8 Å². The van der Waals surface area contributed by atoms with Crippen molar-refractivity contribution < 1.29 is 32.7 Å². The molecule has 0 bridgehead atoms. The highest BCUT2D eigenvalue weighted by atomic mass is 19.4. The molecule has 4 atom stereocenters. The highest BCUT2D eigenvalue weighted by molar-refractivity contribution is 5.83. The smallest absolute Gasteiger partial charge is 0.406 e. The Labute approximate surface area is 202 Å². The summed E-state index contributed by atoms with van der Waals surface area (Å²) in [6.07, 6.45) is -3.74. The summed E-state index contributed by atoms with van der Waals surface area (Å²) >= 11 is 0. The molecule has 10 heteroatoms. The molecule has 7 nitrogen and oxygen atoms in total. The summed E-state index contributed by atoms with van der Waals surface area (Å²) in [5, 5.41) is 11.3. The van der Waals surface area contributed by atoms with Crippen LogP contribution in [-0.2, 0) is 20.8 Å². The number of benzene rings is 2. The van der Waals surface area contributed by atoms with E-state index in [0.29, 0.717) is 12.8 Å². The predicted octanol–water partition coefficient (Wildman–Crippen LogP) is 3.10. The number of carboxylic acids is 1. The number of hydrogen-bond donors (Lipinski definition) is 3. The Morgan fingerprint density at radius 3 is 2.14 bits per heavy atom. The summed E-state index contributed by atoms with van der Waals surface area (Å²) in [6.45, 7) is 1.71. The molecule has 2 aromatic carbocycles. The lowest BCUT2D eigenvalue weighted by Crippen LogP contribution is -2.57. The van der Waals surface area contributed by atoms with Gasteiger partial charge in [-0.3, -0.25) is 9.59 Å². The van der Waals surface area contributed by atoms with E-state index in [9.17, 15) is 27.6 Å². The standard InChI is InChI=1S/C14H17F3N2O.C11H13NO3/c1-9-11(10-5-3-2-4-6-10)7-12(18)13(20)19(9)8-14(15,16)17;1-8(13)12-10(11(14)15)7-9-5-3-2-4-6-9/h2-6,9,11-12H,7-8,18H2,1H3;2-6,10H,7H2,1H3,(H,12,13)(H,14,15). The second-order valence-corrected chi connectivity index (χ2v) is 8.46. The Hall–Kier alpha value is -3.40. The zero-order valence-electron chi connectivity index (χ0n) is 19.5. The van der Waals surface area contributed by atoms with Crippen LogP contribution in [0.15, 0.2) is 60.7 Å². The molecular formula is C25H30F3N3O4. The molecule has 1 fully saturated rings. The number of hydrogen-bond acceptors (Lipinski definition) is 4. The summed E-state index contributed by atoms with van der Waals surface area (Å²) in [5.41, 5.74) is 7.52. The molecule has 0 aromatic heterocycles. The number of carbonyl (C=O) groups excluding carboxylic acids is 2. The molecule has 1 saturated heterocycles. The monoisotopic (exact) mass is 493 g/mol. The number of rotatable bonds is 6. The van der Waals surface area contributed by atoms with Crippen molar-refractivity contribution in [3.05, 3.63) is 71.8 Å². The summed E-state index contributed by atoms with van der Waals surface area (Å²) in [6, 6.07) is 16.2. The van der Waals surface area contributed by atoms with Gasteiger partial charge in [-0.15, -0.1) is 0 Å². The van der Waals surface area contributed by atoms with E-state index >= 15 is 0 Å². The van der Waals surface area contributed by atoms with Crippen molar-refractivity contribution in [2.75, 3.05) is 6.54 Å². The van der Waals surface area contributed by atoms with E-state index in [0.717, 1.165) is 16.0 Å². The normalized spacial score (nSPS) is 20.9. The molecule has 0 saturated carbocycles. The average Bonchev–Trinajstić information content (AvgIpc) is 2.79. The van der Waals surface area contributed by atoms with E-state index in [2.05, 4.69) is 5.32 Å². The molecule has 3 rings (SSSR count). The maximum atomic E-state index is 12.6. The second-order valence-electron chi connectivity index (χ2n) is 8.46. The largest absolute Gasteiger partial charge is 0.480 e. The summed E-state index contributed by atoms with van der Waals surface area (Å²) in [5.74, 6) is -2.15. The van der Waals surface area contributed by atoms with E-state index in [4.69, 9.17) is 10.8 Å². The van der Waals surface area contributed by atoms with Gasteiger partial charge in [-0.25, -0.2) is 4.79 Å². The van der Waals surface area contributed by atoms with Gasteiger partial charge in [0.05, 0.1) is 6.04 Å². The first-order valence-corrected chi connectivity index (χ1v) is 11.1. The van der Waals surface area contributed by atoms with Crippen molar-refractivity contribution in [2.24, 2.45) is 5.73 Å². The van der Waals surface area contributed by atoms with Gasteiger partial charge in [0.15, 0.2) is 0 Å². The van der Waals surface area contributed by atoms with E-state index in [1.54, 1.807) is 6.92 Å². The van der Waals surface area contributed by atoms with Crippen molar-refractivity contribution in [3.8, 4) is 0 Å². The number of alkyl halides is 3. The number of amides is 2. The minimum absolute atomic E-state index is 0.175. The van der Waals surface area contributed by atoms with Gasteiger partial charge in [-0.1, -0.05) is 60.7 Å². The highest BCUT2D eigenvalue weighted by Crippen LogP contribution is 2.34. The summed E-state index contributed by atoms with van der Waals surface area (Å²) in [7, 11) is 0. The quantitative estimate of drug-likeness (QED) is 0.573. The van der Waals surface area contributed by atoms with Crippen LogP contribution in [-0.4, -0.2) is 58.6 Å². The zero-order chi connectivity index (χ0) is 26.2. The molecule has 4 unspecified atom stereocenters. The zero-order valence-corrected chi connectivity index (χ0v) is 19.5. The molecule has 1 aliphatic rings. The van der Waals surface area contributed by atoms with Gasteiger partial charge in [0, 0.05) is 25.3 Å². The third kappa shape index (κ3) is 8.71. The minimum atomic E-state index is -4.41. The average molecular weight is 494 g/mol. The van der Waals surface area contributed by atoms with Crippen LogP contribution in [0.4, 0.5) is 13.2 Å². The Kier molecular flexibility index (Phi) is 9.82. The Bertz CT molecular complexity index is 986. The maximum absolute atomic E-state index is 12.6. The van der Waals surface area contributed by atoms with Crippen molar-refractivity contribution in [2.45, 2.75) is 56.9 Å². The Balaban J connectivity index is 0.000000258. The van der Waals surface area contributed by atoms with Crippen molar-refractivity contribution in [1.82, 2.24) is 10.2 Å². The number of piperidine rings is 1. The lowest BCUT2D eigenvalue weighted by molar-refractivity contribution is -0.170. The van der Waals surface area contributed by atoms with Crippen LogP contribution in [0.5, 0.6) is 0 Å². The third-order valence-electron chi connectivity index (χ3n) is 5.72. The summed E-state index contributed by atoms with van der Waals surface area (Å²) < 4.78 is 37.8. The first-order valence-electron chi connectivity index (χ1n) is 11.1. The number of carboxylic acid groups (broad SMARTS) is 1. The molecule has 35 heavy (non-hydrogen) atoms. The van der Waals surface area contributed by atoms with Crippen LogP contribution in [0.3, 0.4) is 0 Å². The predicted molar refractivity (Wildman–Crippen MR) is 124 cm³/mol. The molecule has 0 aliphatic carbocycles. The number of aliphatic carboxylic acids is 1. The summed E-state index contributed by atoms with van der Waals surface area (Å²) in [4.78, 5) is 34.3. The van der Waals surface area contributed by atoms with Gasteiger partial charge in [-0.05, 0) is 24.5 Å². The van der Waals surface area contributed by atoms with Crippen molar-refractivity contribution in [3.63, 3.8) is 0 Å². The van der Waals surface area contributed by atoms with Gasteiger partial charge >= 0.3 is 12.1 Å². The number of nitrogens with two attached hydrogens (primary N) is 1. The molecule has 0 radical (unpaired) electrons. The lowest BCUT2D eigenvalue weighted by Gasteiger charge is -2.42. The van der Waals surface area contributed by atoms with Gasteiger partial charge in [0.2, 0.25) is 11.8 Å². The minimum Gasteiger partial charge on any atom is -0.480 e. The molecule has 190 valence electrons. The third-order valence-corrected chi connectivity index (χ3v) is 5.72. The molecule has 2 amide bonds. The van der Waals surface area contributed by atoms with Gasteiger partial charge in [-0.2, -0.15) is 13.2 Å². The SMILES string of the molecule is CC(=O)NC(Cc1ccccc1)C(=O)O.CC1C(c2ccccc2)CC(N)C(=O)N1CC(F)(F)F. The fourth-order valence-electron chi connectivity index (χ4n) is 4.03. The lowest BCUT2D eigenvalue weighted by atomic mass is 9.82. The van der Waals surface area contributed by atoms with E-state index in [1.807, 2.05) is 60.7 Å². The molecule has 2 aromatic rings. The topological polar surface area (TPSA) is 113 Å². The molecule has 0 spiro atoms. The van der Waals surface area contributed by atoms with Crippen molar-refractivity contribution in [1.29, 1.82) is 0 Å².